The van der Waals surface area contributed by atoms with Crippen LogP contribution in [0.5, 0.6) is 11.5 Å². The average molecular weight is 459 g/mol. The van der Waals surface area contributed by atoms with Gasteiger partial charge in [-0.3, -0.25) is 4.79 Å². The Kier molecular flexibility index (Phi) is 8.37. The molecular formula is C22H23ClN4O3S. The Labute approximate surface area is 190 Å². The van der Waals surface area contributed by atoms with E-state index in [0.717, 1.165) is 11.1 Å². The Balaban J connectivity index is 1.44. The van der Waals surface area contributed by atoms with Crippen molar-refractivity contribution in [2.24, 2.45) is 0 Å². The molecule has 1 aromatic heterocycles. The largest absolute Gasteiger partial charge is 0.493 e. The molecule has 0 radical (unpaired) electrons. The third kappa shape index (κ3) is 6.77. The Morgan fingerprint density at radius 3 is 2.48 bits per heavy atom. The summed E-state index contributed by atoms with van der Waals surface area (Å²) in [6.45, 7) is 0.966. The van der Waals surface area contributed by atoms with Crippen LogP contribution in [0.15, 0.2) is 59.6 Å². The number of nitrogens with one attached hydrogen (secondary N) is 2. The number of nitrogens with zero attached hydrogens (tertiary/aromatic N) is 2. The molecule has 2 aromatic carbocycles. The smallest absolute Gasteiger partial charge is 0.230 e. The standard InChI is InChI=1S/C22H23ClN4O3S/c1-29-18-5-3-4-16(22(18)30-2)13-25-20(28)14-31-21-11-10-19(26-27-21)24-12-15-6-8-17(23)9-7-15/h3-11H,12-14H2,1-2H3,(H,24,26)(H,25,28). The van der Waals surface area contributed by atoms with E-state index in [-0.39, 0.29) is 11.7 Å². The van der Waals surface area contributed by atoms with E-state index in [4.69, 9.17) is 21.1 Å². The highest BCUT2D eigenvalue weighted by Gasteiger charge is 2.11. The summed E-state index contributed by atoms with van der Waals surface area (Å²) in [5.41, 5.74) is 1.94. The summed E-state index contributed by atoms with van der Waals surface area (Å²) in [7, 11) is 3.15. The lowest BCUT2D eigenvalue weighted by Crippen LogP contribution is -2.24. The number of carbonyl (C=O) groups excluding carboxylic acids is 1. The number of carbonyl (C=O) groups is 1. The average Bonchev–Trinajstić information content (AvgIpc) is 2.81. The minimum absolute atomic E-state index is 0.110. The second-order valence-corrected chi connectivity index (χ2v) is 7.89. The Morgan fingerprint density at radius 1 is 1.00 bits per heavy atom. The molecule has 1 amide bonds. The van der Waals surface area contributed by atoms with Gasteiger partial charge in [0.1, 0.15) is 10.8 Å². The number of para-hydroxylation sites is 1. The molecule has 7 nitrogen and oxygen atoms in total. The number of halogens is 1. The normalized spacial score (nSPS) is 10.4. The maximum absolute atomic E-state index is 12.2. The summed E-state index contributed by atoms with van der Waals surface area (Å²) in [4.78, 5) is 12.2. The van der Waals surface area contributed by atoms with Crippen LogP contribution in [-0.2, 0) is 17.9 Å². The third-order valence-corrected chi connectivity index (χ3v) is 5.51. The van der Waals surface area contributed by atoms with Crippen molar-refractivity contribution in [1.29, 1.82) is 0 Å². The number of hydrogen-bond donors (Lipinski definition) is 2. The first-order chi connectivity index (χ1) is 15.1. The quantitative estimate of drug-likeness (QED) is 0.441. The van der Waals surface area contributed by atoms with Gasteiger partial charge in [0.05, 0.1) is 20.0 Å². The van der Waals surface area contributed by atoms with Gasteiger partial charge < -0.3 is 20.1 Å². The van der Waals surface area contributed by atoms with Gasteiger partial charge in [0.25, 0.3) is 0 Å². The molecule has 0 atom stereocenters. The predicted molar refractivity (Wildman–Crippen MR) is 123 cm³/mol. The van der Waals surface area contributed by atoms with E-state index in [1.165, 1.54) is 11.8 Å². The second kappa shape index (κ2) is 11.4. The fourth-order valence-corrected chi connectivity index (χ4v) is 3.53. The fraction of sp³-hybridized carbons (Fsp3) is 0.227. The van der Waals surface area contributed by atoms with E-state index in [9.17, 15) is 4.79 Å². The van der Waals surface area contributed by atoms with E-state index >= 15 is 0 Å². The van der Waals surface area contributed by atoms with E-state index in [0.29, 0.717) is 40.5 Å². The summed E-state index contributed by atoms with van der Waals surface area (Å²) >= 11 is 7.21. The van der Waals surface area contributed by atoms with Crippen molar-refractivity contribution < 1.29 is 14.3 Å². The first-order valence-corrected chi connectivity index (χ1v) is 10.9. The maximum Gasteiger partial charge on any atom is 0.230 e. The minimum atomic E-state index is -0.110. The van der Waals surface area contributed by atoms with Crippen molar-refractivity contribution >= 4 is 35.1 Å². The summed E-state index contributed by atoms with van der Waals surface area (Å²) in [6.07, 6.45) is 0. The molecule has 0 aliphatic carbocycles. The monoisotopic (exact) mass is 458 g/mol. The summed E-state index contributed by atoms with van der Waals surface area (Å²) < 4.78 is 10.7. The van der Waals surface area contributed by atoms with Crippen molar-refractivity contribution in [2.75, 3.05) is 25.3 Å². The van der Waals surface area contributed by atoms with E-state index in [1.54, 1.807) is 14.2 Å². The van der Waals surface area contributed by atoms with Crippen LogP contribution in [0.3, 0.4) is 0 Å². The molecule has 1 heterocycles. The van der Waals surface area contributed by atoms with Crippen LogP contribution in [0.25, 0.3) is 0 Å². The fourth-order valence-electron chi connectivity index (χ4n) is 2.76. The third-order valence-electron chi connectivity index (χ3n) is 4.34. The number of benzene rings is 2. The Hall–Kier alpha value is -2.97. The maximum atomic E-state index is 12.2. The molecule has 3 aromatic rings. The zero-order chi connectivity index (χ0) is 22.1. The first-order valence-electron chi connectivity index (χ1n) is 9.50. The van der Waals surface area contributed by atoms with Gasteiger partial charge in [-0.15, -0.1) is 10.2 Å². The molecule has 31 heavy (non-hydrogen) atoms. The number of methoxy groups -OCH3 is 2. The van der Waals surface area contributed by atoms with Crippen LogP contribution in [0, 0.1) is 0 Å². The highest BCUT2D eigenvalue weighted by atomic mass is 35.5. The first kappa shape index (κ1) is 22.7. The van der Waals surface area contributed by atoms with Crippen molar-refractivity contribution in [3.8, 4) is 11.5 Å². The van der Waals surface area contributed by atoms with Gasteiger partial charge in [-0.05, 0) is 35.9 Å². The highest BCUT2D eigenvalue weighted by molar-refractivity contribution is 7.99. The molecule has 0 saturated heterocycles. The van der Waals surface area contributed by atoms with Gasteiger partial charge in [0, 0.05) is 23.7 Å². The molecule has 0 unspecified atom stereocenters. The number of ether oxygens (including phenoxy) is 2. The molecule has 2 N–H and O–H groups in total. The van der Waals surface area contributed by atoms with Gasteiger partial charge in [0.2, 0.25) is 5.91 Å². The molecule has 3 rings (SSSR count). The molecule has 0 spiro atoms. The number of thioether (sulfide) groups is 1. The van der Waals surface area contributed by atoms with Gasteiger partial charge in [0.15, 0.2) is 11.5 Å². The second-order valence-electron chi connectivity index (χ2n) is 6.45. The summed E-state index contributed by atoms with van der Waals surface area (Å²) in [5.74, 6) is 2.03. The summed E-state index contributed by atoms with van der Waals surface area (Å²) in [5, 5.41) is 15.8. The number of rotatable bonds is 10. The van der Waals surface area contributed by atoms with Crippen LogP contribution in [0.2, 0.25) is 5.02 Å². The number of aromatic nitrogens is 2. The molecule has 0 aliphatic heterocycles. The minimum Gasteiger partial charge on any atom is -0.493 e. The molecule has 0 aliphatic rings. The highest BCUT2D eigenvalue weighted by Crippen LogP contribution is 2.30. The van der Waals surface area contributed by atoms with E-state index < -0.39 is 0 Å². The van der Waals surface area contributed by atoms with Gasteiger partial charge in [-0.25, -0.2) is 0 Å². The topological polar surface area (TPSA) is 85.4 Å². The van der Waals surface area contributed by atoms with E-state index in [1.807, 2.05) is 54.6 Å². The van der Waals surface area contributed by atoms with Gasteiger partial charge in [-0.2, -0.15) is 0 Å². The van der Waals surface area contributed by atoms with Crippen molar-refractivity contribution in [2.45, 2.75) is 18.1 Å². The van der Waals surface area contributed by atoms with Crippen LogP contribution in [0.1, 0.15) is 11.1 Å². The van der Waals surface area contributed by atoms with Crippen molar-refractivity contribution in [3.05, 3.63) is 70.7 Å². The van der Waals surface area contributed by atoms with Crippen LogP contribution in [0.4, 0.5) is 5.82 Å². The predicted octanol–water partition coefficient (Wildman–Crippen LogP) is 4.17. The lowest BCUT2D eigenvalue weighted by molar-refractivity contribution is -0.118. The Morgan fingerprint density at radius 2 is 1.81 bits per heavy atom. The molecule has 162 valence electrons. The summed E-state index contributed by atoms with van der Waals surface area (Å²) in [6, 6.07) is 16.8. The lowest BCUT2D eigenvalue weighted by Gasteiger charge is -2.13. The lowest BCUT2D eigenvalue weighted by atomic mass is 10.2. The van der Waals surface area contributed by atoms with Crippen LogP contribution in [-0.4, -0.2) is 36.1 Å². The zero-order valence-corrected chi connectivity index (χ0v) is 18.8. The van der Waals surface area contributed by atoms with Crippen molar-refractivity contribution in [1.82, 2.24) is 15.5 Å². The molecule has 0 bridgehead atoms. The molecule has 0 fully saturated rings. The molecular weight excluding hydrogens is 436 g/mol. The SMILES string of the molecule is COc1cccc(CNC(=O)CSc2ccc(NCc3ccc(Cl)cc3)nn2)c1OC. The Bertz CT molecular complexity index is 1000. The number of hydrogen-bond acceptors (Lipinski definition) is 7. The van der Waals surface area contributed by atoms with Crippen LogP contribution >= 0.6 is 23.4 Å². The van der Waals surface area contributed by atoms with Crippen LogP contribution < -0.4 is 20.1 Å². The molecule has 0 saturated carbocycles. The van der Waals surface area contributed by atoms with E-state index in [2.05, 4.69) is 20.8 Å². The molecule has 9 heteroatoms. The van der Waals surface area contributed by atoms with Crippen molar-refractivity contribution in [3.63, 3.8) is 0 Å². The zero-order valence-electron chi connectivity index (χ0n) is 17.2. The number of amides is 1. The van der Waals surface area contributed by atoms with Gasteiger partial charge in [-0.1, -0.05) is 47.6 Å². The van der Waals surface area contributed by atoms with Gasteiger partial charge >= 0.3 is 0 Å². The number of anilines is 1.